The molecule has 0 heteroatoms. The molecule has 0 amide bonds. The molecular formula is C28H48. The van der Waals surface area contributed by atoms with Crippen molar-refractivity contribution in [2.45, 2.75) is 118 Å². The van der Waals surface area contributed by atoms with E-state index in [4.69, 9.17) is 0 Å². The Balaban J connectivity index is 1.44. The van der Waals surface area contributed by atoms with Gasteiger partial charge in [-0.15, -0.1) is 0 Å². The molecule has 4 aliphatic rings. The third-order valence-electron chi connectivity index (χ3n) is 10.8. The predicted molar refractivity (Wildman–Crippen MR) is 122 cm³/mol. The lowest BCUT2D eigenvalue weighted by molar-refractivity contribution is -0.114. The summed E-state index contributed by atoms with van der Waals surface area (Å²) in [5.41, 5.74) is 2.86. The molecule has 4 aliphatic carbocycles. The standard InChI is InChI=1S/C28H48/c1-20(2)10-6-7-11-21(3)24-15-16-25-23-14-13-22-12-8-9-18-27(22,4)26(23)17-19-28(24,25)5/h10,21-26H,6-9,11-19H2,1-5H3/t21-,22?,23?,24?,25?,26?,27?,28?/m1/s1. The largest absolute Gasteiger partial charge is 0.0859 e. The highest BCUT2D eigenvalue weighted by Gasteiger charge is 2.59. The smallest absolute Gasteiger partial charge is 0.0264 e. The van der Waals surface area contributed by atoms with Crippen molar-refractivity contribution >= 4 is 0 Å². The van der Waals surface area contributed by atoms with Crippen LogP contribution in [0.15, 0.2) is 11.6 Å². The molecule has 28 heavy (non-hydrogen) atoms. The van der Waals surface area contributed by atoms with Gasteiger partial charge in [0, 0.05) is 0 Å². The fourth-order valence-corrected chi connectivity index (χ4v) is 9.30. The molecule has 0 N–H and O–H groups in total. The van der Waals surface area contributed by atoms with E-state index < -0.39 is 0 Å². The monoisotopic (exact) mass is 384 g/mol. The van der Waals surface area contributed by atoms with Crippen LogP contribution in [0.5, 0.6) is 0 Å². The van der Waals surface area contributed by atoms with Gasteiger partial charge < -0.3 is 0 Å². The third kappa shape index (κ3) is 3.54. The Labute approximate surface area is 176 Å². The summed E-state index contributed by atoms with van der Waals surface area (Å²) >= 11 is 0. The lowest BCUT2D eigenvalue weighted by Crippen LogP contribution is -2.53. The highest BCUT2D eigenvalue weighted by Crippen LogP contribution is 2.68. The SMILES string of the molecule is CC(C)=CCCC[C@@H](C)C1CCC2C3CCC4CCCCC4(C)C3CCC21C. The summed E-state index contributed by atoms with van der Waals surface area (Å²) in [5, 5.41) is 0. The zero-order valence-corrected chi connectivity index (χ0v) is 19.7. The summed E-state index contributed by atoms with van der Waals surface area (Å²) in [5.74, 6) is 6.19. The van der Waals surface area contributed by atoms with Crippen molar-refractivity contribution in [3.05, 3.63) is 11.6 Å². The molecule has 4 saturated carbocycles. The second-order valence-corrected chi connectivity index (χ2v) is 12.3. The van der Waals surface area contributed by atoms with E-state index in [1.165, 1.54) is 44.1 Å². The highest BCUT2D eigenvalue weighted by molar-refractivity contribution is 5.09. The van der Waals surface area contributed by atoms with E-state index in [0.717, 1.165) is 35.5 Å². The minimum absolute atomic E-state index is 0.662. The Morgan fingerprint density at radius 1 is 0.893 bits per heavy atom. The highest BCUT2D eigenvalue weighted by atomic mass is 14.6. The van der Waals surface area contributed by atoms with Crippen LogP contribution in [0, 0.1) is 46.3 Å². The van der Waals surface area contributed by atoms with Gasteiger partial charge in [0.05, 0.1) is 0 Å². The first kappa shape index (κ1) is 21.0. The number of rotatable bonds is 5. The van der Waals surface area contributed by atoms with Crippen LogP contribution in [-0.4, -0.2) is 0 Å². The van der Waals surface area contributed by atoms with E-state index in [-0.39, 0.29) is 0 Å². The van der Waals surface area contributed by atoms with Gasteiger partial charge in [-0.25, -0.2) is 0 Å². The van der Waals surface area contributed by atoms with Gasteiger partial charge in [0.2, 0.25) is 0 Å². The average molecular weight is 385 g/mol. The van der Waals surface area contributed by atoms with Gasteiger partial charge in [-0.2, -0.15) is 0 Å². The first-order valence-corrected chi connectivity index (χ1v) is 13.0. The van der Waals surface area contributed by atoms with Gasteiger partial charge in [-0.3, -0.25) is 0 Å². The van der Waals surface area contributed by atoms with E-state index in [9.17, 15) is 0 Å². The molecule has 0 aromatic heterocycles. The van der Waals surface area contributed by atoms with Crippen LogP contribution in [0.25, 0.3) is 0 Å². The number of hydrogen-bond acceptors (Lipinski definition) is 0. The summed E-state index contributed by atoms with van der Waals surface area (Å²) < 4.78 is 0. The molecular weight excluding hydrogens is 336 g/mol. The van der Waals surface area contributed by atoms with Crippen LogP contribution in [0.3, 0.4) is 0 Å². The maximum Gasteiger partial charge on any atom is -0.0264 e. The summed E-state index contributed by atoms with van der Waals surface area (Å²) in [6, 6.07) is 0. The van der Waals surface area contributed by atoms with Gasteiger partial charge >= 0.3 is 0 Å². The zero-order chi connectivity index (χ0) is 19.9. The van der Waals surface area contributed by atoms with Gasteiger partial charge in [0.15, 0.2) is 0 Å². The third-order valence-corrected chi connectivity index (χ3v) is 10.8. The van der Waals surface area contributed by atoms with E-state index >= 15 is 0 Å². The average Bonchev–Trinajstić information content (AvgIpc) is 3.01. The molecule has 0 bridgehead atoms. The van der Waals surface area contributed by atoms with E-state index in [2.05, 4.69) is 40.7 Å². The lowest BCUT2D eigenvalue weighted by atomic mass is 9.44. The number of allylic oxidation sites excluding steroid dienone is 2. The van der Waals surface area contributed by atoms with Gasteiger partial charge in [-0.1, -0.05) is 51.7 Å². The molecule has 0 spiro atoms. The lowest BCUT2D eigenvalue weighted by Gasteiger charge is -2.61. The van der Waals surface area contributed by atoms with Gasteiger partial charge in [-0.05, 0) is 124 Å². The van der Waals surface area contributed by atoms with Gasteiger partial charge in [0.25, 0.3) is 0 Å². The normalized spacial score (nSPS) is 46.2. The number of unbranched alkanes of at least 4 members (excludes halogenated alkanes) is 1. The molecule has 4 fully saturated rings. The first-order chi connectivity index (χ1) is 13.4. The van der Waals surface area contributed by atoms with Crippen LogP contribution in [-0.2, 0) is 0 Å². The van der Waals surface area contributed by atoms with E-state index in [1.807, 2.05) is 0 Å². The second kappa shape index (κ2) is 8.11. The van der Waals surface area contributed by atoms with Crippen LogP contribution in [0.1, 0.15) is 118 Å². The fraction of sp³-hybridized carbons (Fsp3) is 0.929. The Morgan fingerprint density at radius 3 is 2.46 bits per heavy atom. The van der Waals surface area contributed by atoms with E-state index in [1.54, 1.807) is 44.9 Å². The zero-order valence-electron chi connectivity index (χ0n) is 19.7. The van der Waals surface area contributed by atoms with Gasteiger partial charge in [0.1, 0.15) is 0 Å². The Morgan fingerprint density at radius 2 is 1.68 bits per heavy atom. The minimum Gasteiger partial charge on any atom is -0.0859 e. The molecule has 8 atom stereocenters. The summed E-state index contributed by atoms with van der Waals surface area (Å²) in [6.07, 6.45) is 22.1. The molecule has 0 nitrogen and oxygen atoms in total. The van der Waals surface area contributed by atoms with Crippen LogP contribution in [0.4, 0.5) is 0 Å². The van der Waals surface area contributed by atoms with Crippen molar-refractivity contribution in [3.63, 3.8) is 0 Å². The molecule has 0 aliphatic heterocycles. The molecule has 0 heterocycles. The van der Waals surface area contributed by atoms with Crippen molar-refractivity contribution in [2.24, 2.45) is 46.3 Å². The quantitative estimate of drug-likeness (QED) is 0.328. The van der Waals surface area contributed by atoms with Crippen molar-refractivity contribution in [1.29, 1.82) is 0 Å². The van der Waals surface area contributed by atoms with Crippen molar-refractivity contribution < 1.29 is 0 Å². The molecule has 4 rings (SSSR count). The summed E-state index contributed by atoms with van der Waals surface area (Å²) in [7, 11) is 0. The van der Waals surface area contributed by atoms with E-state index in [0.29, 0.717) is 10.8 Å². The van der Waals surface area contributed by atoms with Crippen molar-refractivity contribution in [3.8, 4) is 0 Å². The maximum absolute atomic E-state index is 2.74. The summed E-state index contributed by atoms with van der Waals surface area (Å²) in [6.45, 7) is 12.6. The molecule has 0 radical (unpaired) electrons. The maximum atomic E-state index is 2.74. The van der Waals surface area contributed by atoms with Crippen LogP contribution in [0.2, 0.25) is 0 Å². The Hall–Kier alpha value is -0.260. The topological polar surface area (TPSA) is 0 Å². The second-order valence-electron chi connectivity index (χ2n) is 12.3. The number of hydrogen-bond donors (Lipinski definition) is 0. The first-order valence-electron chi connectivity index (χ1n) is 13.0. The Bertz CT molecular complexity index is 569. The van der Waals surface area contributed by atoms with Crippen LogP contribution < -0.4 is 0 Å². The molecule has 0 aromatic rings. The number of fused-ring (bicyclic) bond motifs is 5. The minimum atomic E-state index is 0.662. The predicted octanol–water partition coefficient (Wildman–Crippen LogP) is 8.81. The molecule has 7 unspecified atom stereocenters. The van der Waals surface area contributed by atoms with Crippen LogP contribution >= 0.6 is 0 Å². The molecule has 0 saturated heterocycles. The summed E-state index contributed by atoms with van der Waals surface area (Å²) in [4.78, 5) is 0. The Kier molecular flexibility index (Phi) is 6.08. The van der Waals surface area contributed by atoms with Crippen molar-refractivity contribution in [1.82, 2.24) is 0 Å². The molecule has 0 aromatic carbocycles. The fourth-order valence-electron chi connectivity index (χ4n) is 9.30. The molecule has 160 valence electrons. The van der Waals surface area contributed by atoms with Crippen molar-refractivity contribution in [2.75, 3.05) is 0 Å².